The maximum atomic E-state index is 12.4. The maximum Gasteiger partial charge on any atom is 0.339 e. The Labute approximate surface area is 151 Å². The SMILES string of the molecule is CCCCCOC(=O)c1ccccc1C(=O)OC(C)CCCC(C)C. The Morgan fingerprint density at radius 2 is 1.56 bits per heavy atom. The van der Waals surface area contributed by atoms with Crippen LogP contribution in [0.15, 0.2) is 24.3 Å². The molecule has 0 saturated carbocycles. The monoisotopic (exact) mass is 348 g/mol. The molecule has 0 bridgehead atoms. The normalized spacial score (nSPS) is 12.0. The summed E-state index contributed by atoms with van der Waals surface area (Å²) in [7, 11) is 0. The molecule has 4 nitrogen and oxygen atoms in total. The number of esters is 2. The molecule has 1 atom stereocenters. The molecule has 0 aromatic heterocycles. The van der Waals surface area contributed by atoms with Gasteiger partial charge in [-0.25, -0.2) is 9.59 Å². The fourth-order valence-corrected chi connectivity index (χ4v) is 2.55. The van der Waals surface area contributed by atoms with Crippen LogP contribution in [0.3, 0.4) is 0 Å². The Morgan fingerprint density at radius 3 is 2.16 bits per heavy atom. The second-order valence-electron chi connectivity index (χ2n) is 6.93. The van der Waals surface area contributed by atoms with E-state index in [1.165, 1.54) is 0 Å². The van der Waals surface area contributed by atoms with Gasteiger partial charge in [-0.15, -0.1) is 0 Å². The Kier molecular flexibility index (Phi) is 9.90. The molecular weight excluding hydrogens is 316 g/mol. The molecule has 1 rings (SSSR count). The third-order valence-electron chi connectivity index (χ3n) is 4.05. The number of hydrogen-bond donors (Lipinski definition) is 0. The summed E-state index contributed by atoms with van der Waals surface area (Å²) < 4.78 is 10.8. The fraction of sp³-hybridized carbons (Fsp3) is 0.619. The van der Waals surface area contributed by atoms with E-state index in [1.807, 2.05) is 6.92 Å². The van der Waals surface area contributed by atoms with Gasteiger partial charge < -0.3 is 9.47 Å². The van der Waals surface area contributed by atoms with Gasteiger partial charge in [-0.3, -0.25) is 0 Å². The van der Waals surface area contributed by atoms with E-state index in [9.17, 15) is 9.59 Å². The van der Waals surface area contributed by atoms with Crippen LogP contribution in [0.5, 0.6) is 0 Å². The van der Waals surface area contributed by atoms with Gasteiger partial charge in [-0.05, 0) is 44.2 Å². The van der Waals surface area contributed by atoms with Crippen LogP contribution in [0, 0.1) is 5.92 Å². The van der Waals surface area contributed by atoms with Crippen molar-refractivity contribution in [2.45, 2.75) is 72.3 Å². The summed E-state index contributed by atoms with van der Waals surface area (Å²) in [6, 6.07) is 6.69. The summed E-state index contributed by atoms with van der Waals surface area (Å²) in [6.45, 7) is 8.72. The van der Waals surface area contributed by atoms with Crippen LogP contribution in [0.2, 0.25) is 0 Å². The van der Waals surface area contributed by atoms with Crippen molar-refractivity contribution in [1.82, 2.24) is 0 Å². The van der Waals surface area contributed by atoms with Gasteiger partial charge in [-0.2, -0.15) is 0 Å². The van der Waals surface area contributed by atoms with Crippen molar-refractivity contribution >= 4 is 11.9 Å². The Balaban J connectivity index is 2.62. The molecule has 0 amide bonds. The smallest absolute Gasteiger partial charge is 0.339 e. The second-order valence-corrected chi connectivity index (χ2v) is 6.93. The van der Waals surface area contributed by atoms with Crippen LogP contribution in [-0.2, 0) is 9.47 Å². The lowest BCUT2D eigenvalue weighted by molar-refractivity contribution is 0.0306. The van der Waals surface area contributed by atoms with Crippen LogP contribution in [0.4, 0.5) is 0 Å². The third-order valence-corrected chi connectivity index (χ3v) is 4.05. The van der Waals surface area contributed by atoms with Gasteiger partial charge in [-0.1, -0.05) is 52.2 Å². The van der Waals surface area contributed by atoms with Crippen LogP contribution < -0.4 is 0 Å². The lowest BCUT2D eigenvalue weighted by atomic mass is 10.0. The first kappa shape index (κ1) is 21.2. The first-order chi connectivity index (χ1) is 12.0. The summed E-state index contributed by atoms with van der Waals surface area (Å²) >= 11 is 0. The zero-order chi connectivity index (χ0) is 18.7. The summed E-state index contributed by atoms with van der Waals surface area (Å²) in [5, 5.41) is 0. The number of unbranched alkanes of at least 4 members (excludes halogenated alkanes) is 2. The van der Waals surface area contributed by atoms with E-state index in [1.54, 1.807) is 24.3 Å². The minimum Gasteiger partial charge on any atom is -0.462 e. The average Bonchev–Trinajstić information content (AvgIpc) is 2.58. The Hall–Kier alpha value is -1.84. The summed E-state index contributed by atoms with van der Waals surface area (Å²) in [5.74, 6) is -0.277. The highest BCUT2D eigenvalue weighted by molar-refractivity contribution is 6.03. The predicted octanol–water partition coefficient (Wildman–Crippen LogP) is 5.41. The van der Waals surface area contributed by atoms with Gasteiger partial charge in [0, 0.05) is 0 Å². The molecule has 0 radical (unpaired) electrons. The van der Waals surface area contributed by atoms with Crippen LogP contribution in [-0.4, -0.2) is 24.6 Å². The van der Waals surface area contributed by atoms with E-state index in [4.69, 9.17) is 9.47 Å². The molecule has 25 heavy (non-hydrogen) atoms. The second kappa shape index (κ2) is 11.7. The highest BCUT2D eigenvalue weighted by atomic mass is 16.5. The fourth-order valence-electron chi connectivity index (χ4n) is 2.55. The zero-order valence-corrected chi connectivity index (χ0v) is 16.0. The van der Waals surface area contributed by atoms with Gasteiger partial charge in [0.2, 0.25) is 0 Å². The highest BCUT2D eigenvalue weighted by Gasteiger charge is 2.20. The number of carbonyl (C=O) groups is 2. The molecule has 0 fully saturated rings. The molecule has 0 N–H and O–H groups in total. The van der Waals surface area contributed by atoms with Crippen molar-refractivity contribution in [2.24, 2.45) is 5.92 Å². The molecule has 0 saturated heterocycles. The maximum absolute atomic E-state index is 12.4. The van der Waals surface area contributed by atoms with Crippen molar-refractivity contribution in [3.63, 3.8) is 0 Å². The van der Waals surface area contributed by atoms with Crippen LogP contribution >= 0.6 is 0 Å². The Bertz CT molecular complexity index is 536. The van der Waals surface area contributed by atoms with Gasteiger partial charge in [0.05, 0.1) is 23.8 Å². The molecule has 0 spiro atoms. The summed E-state index contributed by atoms with van der Waals surface area (Å²) in [5.41, 5.74) is 0.553. The molecule has 0 heterocycles. The van der Waals surface area contributed by atoms with E-state index in [0.717, 1.165) is 38.5 Å². The lowest BCUT2D eigenvalue weighted by Gasteiger charge is -2.15. The van der Waals surface area contributed by atoms with Gasteiger partial charge in [0.15, 0.2) is 0 Å². The molecule has 140 valence electrons. The number of ether oxygens (including phenoxy) is 2. The minimum absolute atomic E-state index is 0.167. The number of carbonyl (C=O) groups excluding carboxylic acids is 2. The van der Waals surface area contributed by atoms with Gasteiger partial charge in [0.25, 0.3) is 0 Å². The van der Waals surface area contributed by atoms with Crippen LogP contribution in [0.1, 0.15) is 86.9 Å². The molecule has 0 aliphatic heterocycles. The molecule has 4 heteroatoms. The minimum atomic E-state index is -0.462. The largest absolute Gasteiger partial charge is 0.462 e. The third kappa shape index (κ3) is 8.19. The summed E-state index contributed by atoms with van der Waals surface area (Å²) in [6.07, 6.45) is 5.71. The van der Waals surface area contributed by atoms with E-state index in [0.29, 0.717) is 12.5 Å². The van der Waals surface area contributed by atoms with Crippen molar-refractivity contribution < 1.29 is 19.1 Å². The van der Waals surface area contributed by atoms with Crippen molar-refractivity contribution in [1.29, 1.82) is 0 Å². The molecular formula is C21H32O4. The molecule has 0 aliphatic carbocycles. The van der Waals surface area contributed by atoms with Gasteiger partial charge in [0.1, 0.15) is 0 Å². The average molecular weight is 348 g/mol. The van der Waals surface area contributed by atoms with E-state index in [-0.39, 0.29) is 17.2 Å². The topological polar surface area (TPSA) is 52.6 Å². The van der Waals surface area contributed by atoms with E-state index in [2.05, 4.69) is 20.8 Å². The zero-order valence-electron chi connectivity index (χ0n) is 16.0. The Morgan fingerprint density at radius 1 is 0.920 bits per heavy atom. The lowest BCUT2D eigenvalue weighted by Crippen LogP contribution is -2.19. The number of benzene rings is 1. The highest BCUT2D eigenvalue weighted by Crippen LogP contribution is 2.16. The van der Waals surface area contributed by atoms with E-state index < -0.39 is 11.9 Å². The molecule has 1 unspecified atom stereocenters. The molecule has 1 aromatic carbocycles. The standard InChI is InChI=1S/C21H32O4/c1-5-6-9-15-24-20(22)18-13-7-8-14-19(18)21(23)25-17(4)12-10-11-16(2)3/h7-8,13-14,16-17H,5-6,9-12,15H2,1-4H3. The first-order valence-electron chi connectivity index (χ1n) is 9.42. The quantitative estimate of drug-likeness (QED) is 0.396. The summed E-state index contributed by atoms with van der Waals surface area (Å²) in [4.78, 5) is 24.7. The van der Waals surface area contributed by atoms with Crippen molar-refractivity contribution in [2.75, 3.05) is 6.61 Å². The number of rotatable bonds is 11. The van der Waals surface area contributed by atoms with Crippen molar-refractivity contribution in [3.05, 3.63) is 35.4 Å². The predicted molar refractivity (Wildman–Crippen MR) is 99.8 cm³/mol. The first-order valence-corrected chi connectivity index (χ1v) is 9.42. The number of hydrogen-bond acceptors (Lipinski definition) is 4. The van der Waals surface area contributed by atoms with Gasteiger partial charge >= 0.3 is 11.9 Å². The molecule has 0 aliphatic rings. The molecule has 1 aromatic rings. The van der Waals surface area contributed by atoms with Crippen molar-refractivity contribution in [3.8, 4) is 0 Å². The van der Waals surface area contributed by atoms with E-state index >= 15 is 0 Å². The van der Waals surface area contributed by atoms with Crippen LogP contribution in [0.25, 0.3) is 0 Å².